The monoisotopic (exact) mass is 216 g/mol. The van der Waals surface area contributed by atoms with Crippen molar-refractivity contribution in [2.24, 2.45) is 0 Å². The molecule has 0 aliphatic carbocycles. The van der Waals surface area contributed by atoms with Gasteiger partial charge in [0.1, 0.15) is 5.76 Å². The standard InChI is InChI=1S/C14H16O2/c1-4-5-6-12-11-8-9(2)7-10(3)13(11)14(15)16-12/h6-8H,4-5H2,1-3H3/b12-6-. The van der Waals surface area contributed by atoms with Crippen molar-refractivity contribution >= 4 is 11.7 Å². The van der Waals surface area contributed by atoms with Gasteiger partial charge in [-0.3, -0.25) is 0 Å². The number of rotatable bonds is 2. The van der Waals surface area contributed by atoms with E-state index >= 15 is 0 Å². The van der Waals surface area contributed by atoms with Crippen molar-refractivity contribution in [2.75, 3.05) is 0 Å². The molecule has 0 fully saturated rings. The molecule has 1 aliphatic heterocycles. The van der Waals surface area contributed by atoms with Crippen molar-refractivity contribution in [3.63, 3.8) is 0 Å². The predicted octanol–water partition coefficient (Wildman–Crippen LogP) is 3.61. The van der Waals surface area contributed by atoms with Gasteiger partial charge in [-0.25, -0.2) is 4.79 Å². The van der Waals surface area contributed by atoms with Gasteiger partial charge in [0.2, 0.25) is 0 Å². The Labute approximate surface area is 95.9 Å². The average Bonchev–Trinajstić information content (AvgIpc) is 2.52. The summed E-state index contributed by atoms with van der Waals surface area (Å²) in [6, 6.07) is 4.04. The van der Waals surface area contributed by atoms with Crippen molar-refractivity contribution in [1.82, 2.24) is 0 Å². The number of hydrogen-bond acceptors (Lipinski definition) is 2. The third-order valence-electron chi connectivity index (χ3n) is 2.77. The topological polar surface area (TPSA) is 26.3 Å². The van der Waals surface area contributed by atoms with Crippen molar-refractivity contribution in [2.45, 2.75) is 33.6 Å². The van der Waals surface area contributed by atoms with E-state index in [-0.39, 0.29) is 5.97 Å². The fraction of sp³-hybridized carbons (Fsp3) is 0.357. The maximum Gasteiger partial charge on any atom is 0.344 e. The zero-order valence-corrected chi connectivity index (χ0v) is 9.96. The Morgan fingerprint density at radius 2 is 2.06 bits per heavy atom. The number of benzene rings is 1. The fourth-order valence-corrected chi connectivity index (χ4v) is 2.07. The van der Waals surface area contributed by atoms with Crippen LogP contribution in [0.15, 0.2) is 18.2 Å². The Kier molecular flexibility index (Phi) is 2.82. The minimum Gasteiger partial charge on any atom is -0.423 e. The molecular weight excluding hydrogens is 200 g/mol. The van der Waals surface area contributed by atoms with E-state index in [0.29, 0.717) is 0 Å². The molecule has 84 valence electrons. The number of carbonyl (C=O) groups excluding carboxylic acids is 1. The van der Waals surface area contributed by atoms with E-state index in [1.165, 1.54) is 0 Å². The molecule has 0 unspecified atom stereocenters. The van der Waals surface area contributed by atoms with Gasteiger partial charge < -0.3 is 4.74 Å². The summed E-state index contributed by atoms with van der Waals surface area (Å²) in [5, 5.41) is 0. The van der Waals surface area contributed by atoms with E-state index in [4.69, 9.17) is 4.74 Å². The highest BCUT2D eigenvalue weighted by molar-refractivity contribution is 6.04. The van der Waals surface area contributed by atoms with Crippen LogP contribution in [0, 0.1) is 13.8 Å². The van der Waals surface area contributed by atoms with Crippen LogP contribution in [0.1, 0.15) is 46.8 Å². The Morgan fingerprint density at radius 1 is 1.31 bits per heavy atom. The summed E-state index contributed by atoms with van der Waals surface area (Å²) in [6.45, 7) is 6.10. The van der Waals surface area contributed by atoms with Crippen molar-refractivity contribution in [1.29, 1.82) is 0 Å². The predicted molar refractivity (Wildman–Crippen MR) is 64.2 cm³/mol. The molecule has 0 amide bonds. The van der Waals surface area contributed by atoms with Crippen LogP contribution in [-0.2, 0) is 4.74 Å². The summed E-state index contributed by atoms with van der Waals surface area (Å²) in [6.07, 6.45) is 4.00. The molecule has 0 saturated carbocycles. The Balaban J connectivity index is 2.53. The number of ether oxygens (including phenoxy) is 1. The molecule has 0 atom stereocenters. The molecule has 0 saturated heterocycles. The number of allylic oxidation sites excluding steroid dienone is 1. The number of unbranched alkanes of at least 4 members (excludes halogenated alkanes) is 1. The molecule has 1 aliphatic rings. The van der Waals surface area contributed by atoms with Crippen LogP contribution in [0.5, 0.6) is 0 Å². The van der Waals surface area contributed by atoms with Crippen molar-refractivity contribution < 1.29 is 9.53 Å². The van der Waals surface area contributed by atoms with Crippen LogP contribution in [0.25, 0.3) is 5.76 Å². The van der Waals surface area contributed by atoms with Gasteiger partial charge in [-0.05, 0) is 38.0 Å². The average molecular weight is 216 g/mol. The first-order chi connectivity index (χ1) is 7.63. The molecule has 16 heavy (non-hydrogen) atoms. The Bertz CT molecular complexity index is 470. The summed E-state index contributed by atoms with van der Waals surface area (Å²) in [7, 11) is 0. The molecule has 0 N–H and O–H groups in total. The lowest BCUT2D eigenvalue weighted by Gasteiger charge is -2.02. The van der Waals surface area contributed by atoms with Gasteiger partial charge in [-0.2, -0.15) is 0 Å². The van der Waals surface area contributed by atoms with Crippen LogP contribution in [0.4, 0.5) is 0 Å². The summed E-state index contributed by atoms with van der Waals surface area (Å²) in [4.78, 5) is 11.7. The zero-order chi connectivity index (χ0) is 11.7. The quantitative estimate of drug-likeness (QED) is 0.706. The second-order valence-electron chi connectivity index (χ2n) is 4.25. The number of hydrogen-bond donors (Lipinski definition) is 0. The first-order valence-corrected chi connectivity index (χ1v) is 5.67. The van der Waals surface area contributed by atoms with Crippen LogP contribution >= 0.6 is 0 Å². The molecule has 2 nitrogen and oxygen atoms in total. The first-order valence-electron chi connectivity index (χ1n) is 5.67. The third-order valence-corrected chi connectivity index (χ3v) is 2.77. The SMILES string of the molecule is CCC/C=C1\OC(=O)c2c(C)cc(C)cc21. The van der Waals surface area contributed by atoms with Gasteiger partial charge in [0.15, 0.2) is 0 Å². The van der Waals surface area contributed by atoms with Crippen LogP contribution < -0.4 is 0 Å². The maximum atomic E-state index is 11.7. The molecule has 2 heteroatoms. The van der Waals surface area contributed by atoms with Crippen molar-refractivity contribution in [3.8, 4) is 0 Å². The van der Waals surface area contributed by atoms with Crippen molar-refractivity contribution in [3.05, 3.63) is 40.5 Å². The zero-order valence-electron chi connectivity index (χ0n) is 9.96. The van der Waals surface area contributed by atoms with E-state index in [1.807, 2.05) is 32.1 Å². The van der Waals surface area contributed by atoms with E-state index < -0.39 is 0 Å². The normalized spacial score (nSPS) is 16.4. The summed E-state index contributed by atoms with van der Waals surface area (Å²) < 4.78 is 5.29. The summed E-state index contributed by atoms with van der Waals surface area (Å²) in [5.41, 5.74) is 3.85. The van der Waals surface area contributed by atoms with Gasteiger partial charge in [0.05, 0.1) is 5.56 Å². The molecule has 0 radical (unpaired) electrons. The Hall–Kier alpha value is -1.57. The highest BCUT2D eigenvalue weighted by Crippen LogP contribution is 2.33. The molecule has 1 aromatic rings. The maximum absolute atomic E-state index is 11.7. The van der Waals surface area contributed by atoms with Gasteiger partial charge in [0, 0.05) is 5.56 Å². The third kappa shape index (κ3) is 1.75. The lowest BCUT2D eigenvalue weighted by atomic mass is 9.99. The minimum absolute atomic E-state index is 0.213. The van der Waals surface area contributed by atoms with E-state index in [0.717, 1.165) is 40.9 Å². The highest BCUT2D eigenvalue weighted by atomic mass is 16.5. The molecule has 1 heterocycles. The van der Waals surface area contributed by atoms with Gasteiger partial charge in [-0.15, -0.1) is 0 Å². The molecule has 1 aromatic carbocycles. The van der Waals surface area contributed by atoms with Crippen LogP contribution in [0.2, 0.25) is 0 Å². The van der Waals surface area contributed by atoms with Crippen LogP contribution in [-0.4, -0.2) is 5.97 Å². The second kappa shape index (κ2) is 4.12. The molecule has 0 spiro atoms. The summed E-state index contributed by atoms with van der Waals surface area (Å²) in [5.74, 6) is 0.517. The van der Waals surface area contributed by atoms with Gasteiger partial charge in [0.25, 0.3) is 0 Å². The number of fused-ring (bicyclic) bond motifs is 1. The Morgan fingerprint density at radius 3 is 2.75 bits per heavy atom. The molecule has 2 rings (SSSR count). The first kappa shape index (κ1) is 10.9. The fourth-order valence-electron chi connectivity index (χ4n) is 2.07. The minimum atomic E-state index is -0.213. The molecule has 0 aromatic heterocycles. The molecular formula is C14H16O2. The van der Waals surface area contributed by atoms with Gasteiger partial charge in [-0.1, -0.05) is 25.0 Å². The van der Waals surface area contributed by atoms with E-state index in [9.17, 15) is 4.79 Å². The number of cyclic esters (lactones) is 1. The number of carbonyl (C=O) groups is 1. The highest BCUT2D eigenvalue weighted by Gasteiger charge is 2.27. The molecule has 0 bridgehead atoms. The largest absolute Gasteiger partial charge is 0.423 e. The lowest BCUT2D eigenvalue weighted by Crippen LogP contribution is -1.97. The second-order valence-corrected chi connectivity index (χ2v) is 4.25. The number of aryl methyl sites for hydroxylation is 2. The smallest absolute Gasteiger partial charge is 0.344 e. The van der Waals surface area contributed by atoms with Gasteiger partial charge >= 0.3 is 5.97 Å². The van der Waals surface area contributed by atoms with E-state index in [2.05, 4.69) is 6.92 Å². The lowest BCUT2D eigenvalue weighted by molar-refractivity contribution is 0.0714. The summed E-state index contributed by atoms with van der Waals surface area (Å²) >= 11 is 0. The number of esters is 1. The van der Waals surface area contributed by atoms with E-state index in [1.54, 1.807) is 0 Å². The van der Waals surface area contributed by atoms with Crippen LogP contribution in [0.3, 0.4) is 0 Å².